The maximum Gasteiger partial charge on any atom is 0.0158 e. The summed E-state index contributed by atoms with van der Waals surface area (Å²) in [7, 11) is 0. The van der Waals surface area contributed by atoms with Crippen LogP contribution in [0.5, 0.6) is 0 Å². The van der Waals surface area contributed by atoms with Crippen LogP contribution in [0.1, 0.15) is 25.0 Å². The number of rotatable bonds is 4. The lowest BCUT2D eigenvalue weighted by Gasteiger charge is -2.22. The fraction of sp³-hybridized carbons (Fsp3) is 0.0588. The average Bonchev–Trinajstić information content (AvgIpc) is 3.42. The molecule has 51 heavy (non-hydrogen) atoms. The van der Waals surface area contributed by atoms with Crippen molar-refractivity contribution in [2.24, 2.45) is 0 Å². The third-order valence-electron chi connectivity index (χ3n) is 11.2. The SMILES string of the molecule is CC1(C)c2ccccc2-c2cc(-c3c4ccccc4c(-c4cccc(-c5ccccc5)c4)c4ccc(-c5ccc6ccccc6c5)cc34)ccc21. The van der Waals surface area contributed by atoms with Crippen LogP contribution in [-0.4, -0.2) is 0 Å². The van der Waals surface area contributed by atoms with Crippen LogP contribution >= 0.6 is 0 Å². The van der Waals surface area contributed by atoms with Gasteiger partial charge in [-0.05, 0) is 123 Å². The standard InChI is InChI=1S/C51H36/c1-51(2)47-22-11-10-19-41(47)45-32-40(26-28-48(45)51)50-43-21-9-8-20-42(43)49(39-18-12-17-36(30-39)33-13-4-3-5-14-33)44-27-25-38(31-46(44)50)37-24-23-34-15-6-7-16-35(34)29-37/h3-32H,1-2H3. The fourth-order valence-corrected chi connectivity index (χ4v) is 8.71. The van der Waals surface area contributed by atoms with Gasteiger partial charge in [0.1, 0.15) is 0 Å². The zero-order valence-corrected chi connectivity index (χ0v) is 28.8. The van der Waals surface area contributed by atoms with Crippen LogP contribution in [0.15, 0.2) is 182 Å². The average molecular weight is 649 g/mol. The summed E-state index contributed by atoms with van der Waals surface area (Å²) in [5.74, 6) is 0. The summed E-state index contributed by atoms with van der Waals surface area (Å²) in [6.45, 7) is 4.71. The molecular formula is C51H36. The van der Waals surface area contributed by atoms with Gasteiger partial charge in [0.25, 0.3) is 0 Å². The molecule has 0 aliphatic heterocycles. The second-order valence-electron chi connectivity index (χ2n) is 14.5. The smallest absolute Gasteiger partial charge is 0.0158 e. The van der Waals surface area contributed by atoms with Gasteiger partial charge in [0, 0.05) is 5.41 Å². The molecule has 0 N–H and O–H groups in total. The zero-order chi connectivity index (χ0) is 34.1. The van der Waals surface area contributed by atoms with Gasteiger partial charge in [0.15, 0.2) is 0 Å². The molecule has 0 saturated heterocycles. The molecule has 0 fully saturated rings. The first kappa shape index (κ1) is 29.7. The Morgan fingerprint density at radius 2 is 0.843 bits per heavy atom. The summed E-state index contributed by atoms with van der Waals surface area (Å²) in [5.41, 5.74) is 15.4. The molecule has 0 aromatic heterocycles. The normalized spacial score (nSPS) is 13.1. The molecule has 0 spiro atoms. The first-order valence-electron chi connectivity index (χ1n) is 17.9. The highest BCUT2D eigenvalue weighted by molar-refractivity contribution is 6.22. The number of fused-ring (bicyclic) bond motifs is 6. The van der Waals surface area contributed by atoms with E-state index in [1.807, 2.05) is 0 Å². The lowest BCUT2D eigenvalue weighted by molar-refractivity contribution is 0.660. The summed E-state index contributed by atoms with van der Waals surface area (Å²) >= 11 is 0. The molecule has 0 nitrogen and oxygen atoms in total. The van der Waals surface area contributed by atoms with E-state index in [4.69, 9.17) is 0 Å². The van der Waals surface area contributed by atoms with Crippen LogP contribution in [0.3, 0.4) is 0 Å². The summed E-state index contributed by atoms with van der Waals surface area (Å²) in [6, 6.07) is 67.5. The molecular weight excluding hydrogens is 613 g/mol. The van der Waals surface area contributed by atoms with Gasteiger partial charge in [-0.3, -0.25) is 0 Å². The van der Waals surface area contributed by atoms with E-state index in [1.165, 1.54) is 99.1 Å². The molecule has 9 aromatic rings. The molecule has 0 heterocycles. The minimum absolute atomic E-state index is 0.0362. The van der Waals surface area contributed by atoms with Crippen LogP contribution in [-0.2, 0) is 5.41 Å². The Morgan fingerprint density at radius 1 is 0.294 bits per heavy atom. The van der Waals surface area contributed by atoms with Crippen LogP contribution in [0, 0.1) is 0 Å². The number of benzene rings is 9. The van der Waals surface area contributed by atoms with E-state index in [1.54, 1.807) is 0 Å². The number of hydrogen-bond donors (Lipinski definition) is 0. The summed E-state index contributed by atoms with van der Waals surface area (Å²) in [6.07, 6.45) is 0. The van der Waals surface area contributed by atoms with Gasteiger partial charge in [0.2, 0.25) is 0 Å². The Morgan fingerprint density at radius 3 is 1.69 bits per heavy atom. The molecule has 0 atom stereocenters. The van der Waals surface area contributed by atoms with Crippen molar-refractivity contribution in [1.29, 1.82) is 0 Å². The molecule has 0 bridgehead atoms. The largest absolute Gasteiger partial charge is 0.0622 e. The molecule has 0 unspecified atom stereocenters. The Balaban J connectivity index is 1.28. The molecule has 0 heteroatoms. The predicted octanol–water partition coefficient (Wildman–Crippen LogP) is 14.1. The first-order valence-corrected chi connectivity index (χ1v) is 17.9. The topological polar surface area (TPSA) is 0 Å². The maximum absolute atomic E-state index is 2.46. The van der Waals surface area contributed by atoms with Crippen LogP contribution in [0.2, 0.25) is 0 Å². The van der Waals surface area contributed by atoms with Crippen molar-refractivity contribution in [2.75, 3.05) is 0 Å². The Kier molecular flexibility index (Phi) is 6.63. The minimum Gasteiger partial charge on any atom is -0.0622 e. The molecule has 1 aliphatic carbocycles. The van der Waals surface area contributed by atoms with Crippen molar-refractivity contribution >= 4 is 32.3 Å². The zero-order valence-electron chi connectivity index (χ0n) is 28.8. The minimum atomic E-state index is -0.0362. The highest BCUT2D eigenvalue weighted by atomic mass is 14.4. The summed E-state index contributed by atoms with van der Waals surface area (Å²) in [5, 5.41) is 7.59. The third-order valence-corrected chi connectivity index (χ3v) is 11.2. The van der Waals surface area contributed by atoms with Crippen molar-refractivity contribution in [3.8, 4) is 55.6 Å². The van der Waals surface area contributed by atoms with Gasteiger partial charge in [-0.25, -0.2) is 0 Å². The highest BCUT2D eigenvalue weighted by Crippen LogP contribution is 2.51. The van der Waals surface area contributed by atoms with E-state index in [9.17, 15) is 0 Å². The fourth-order valence-electron chi connectivity index (χ4n) is 8.71. The lowest BCUT2D eigenvalue weighted by atomic mass is 9.81. The molecule has 0 saturated carbocycles. The molecule has 9 aromatic carbocycles. The van der Waals surface area contributed by atoms with Crippen molar-refractivity contribution in [3.05, 3.63) is 193 Å². The van der Waals surface area contributed by atoms with Crippen LogP contribution in [0.25, 0.3) is 88.0 Å². The van der Waals surface area contributed by atoms with Gasteiger partial charge in [0.05, 0.1) is 0 Å². The van der Waals surface area contributed by atoms with Gasteiger partial charge >= 0.3 is 0 Å². The van der Waals surface area contributed by atoms with Crippen molar-refractivity contribution in [2.45, 2.75) is 19.3 Å². The Hall–Kier alpha value is -6.24. The summed E-state index contributed by atoms with van der Waals surface area (Å²) < 4.78 is 0. The molecule has 10 rings (SSSR count). The Labute approximate surface area is 299 Å². The van der Waals surface area contributed by atoms with E-state index in [0.29, 0.717) is 0 Å². The monoisotopic (exact) mass is 648 g/mol. The van der Waals surface area contributed by atoms with Gasteiger partial charge < -0.3 is 0 Å². The molecule has 0 amide bonds. The second-order valence-corrected chi connectivity index (χ2v) is 14.5. The third kappa shape index (κ3) is 4.68. The van der Waals surface area contributed by atoms with E-state index in [0.717, 1.165) is 0 Å². The van der Waals surface area contributed by atoms with Crippen molar-refractivity contribution in [3.63, 3.8) is 0 Å². The molecule has 1 aliphatic rings. The lowest BCUT2D eigenvalue weighted by Crippen LogP contribution is -2.14. The van der Waals surface area contributed by atoms with Crippen LogP contribution in [0.4, 0.5) is 0 Å². The van der Waals surface area contributed by atoms with Gasteiger partial charge in [-0.1, -0.05) is 172 Å². The quantitative estimate of drug-likeness (QED) is 0.167. The first-order chi connectivity index (χ1) is 25.0. The number of hydrogen-bond acceptors (Lipinski definition) is 0. The van der Waals surface area contributed by atoms with E-state index in [2.05, 4.69) is 196 Å². The van der Waals surface area contributed by atoms with Gasteiger partial charge in [-0.2, -0.15) is 0 Å². The Bertz CT molecular complexity index is 2820. The second kappa shape index (κ2) is 11.4. The van der Waals surface area contributed by atoms with E-state index in [-0.39, 0.29) is 5.41 Å². The van der Waals surface area contributed by atoms with Crippen molar-refractivity contribution in [1.82, 2.24) is 0 Å². The van der Waals surface area contributed by atoms with Crippen LogP contribution < -0.4 is 0 Å². The molecule has 240 valence electrons. The van der Waals surface area contributed by atoms with E-state index < -0.39 is 0 Å². The predicted molar refractivity (Wildman–Crippen MR) is 218 cm³/mol. The summed E-state index contributed by atoms with van der Waals surface area (Å²) in [4.78, 5) is 0. The van der Waals surface area contributed by atoms with Crippen molar-refractivity contribution < 1.29 is 0 Å². The van der Waals surface area contributed by atoms with E-state index >= 15 is 0 Å². The molecule has 0 radical (unpaired) electrons. The maximum atomic E-state index is 2.46. The van der Waals surface area contributed by atoms with Gasteiger partial charge in [-0.15, -0.1) is 0 Å². The highest BCUT2D eigenvalue weighted by Gasteiger charge is 2.35.